The molecule has 1 atom stereocenters. The van der Waals surface area contributed by atoms with Crippen LogP contribution in [0, 0.1) is 0 Å². The molecule has 7 nitrogen and oxygen atoms in total. The first-order valence-electron chi connectivity index (χ1n) is 5.84. The summed E-state index contributed by atoms with van der Waals surface area (Å²) in [6, 6.07) is -0.122. The van der Waals surface area contributed by atoms with Crippen LogP contribution in [0.4, 0.5) is 4.79 Å². The van der Waals surface area contributed by atoms with Gasteiger partial charge in [0.1, 0.15) is 0 Å². The van der Waals surface area contributed by atoms with E-state index in [2.05, 4.69) is 10.0 Å². The molecule has 2 heterocycles. The third-order valence-electron chi connectivity index (χ3n) is 3.07. The van der Waals surface area contributed by atoms with Crippen molar-refractivity contribution in [2.24, 2.45) is 0 Å². The van der Waals surface area contributed by atoms with Crippen LogP contribution in [0.1, 0.15) is 13.3 Å². The highest BCUT2D eigenvalue weighted by Crippen LogP contribution is 2.15. The first kappa shape index (κ1) is 12.6. The number of rotatable bonds is 4. The second-order valence-corrected chi connectivity index (χ2v) is 6.05. The van der Waals surface area contributed by atoms with Crippen molar-refractivity contribution in [1.82, 2.24) is 19.2 Å². The Bertz CT molecular complexity index is 397. The standard InChI is InChI=1S/C9H18N4O3S/c1-2-3-11-17(15,16)12-4-5-13-8(7-12)6-10-9(13)14/h8,11H,2-7H2,1H3,(H,10,14). The minimum absolute atomic E-state index is 0.0329. The number of piperazine rings is 1. The fourth-order valence-corrected chi connectivity index (χ4v) is 3.45. The molecule has 2 amide bonds. The molecule has 0 aromatic heterocycles. The van der Waals surface area contributed by atoms with Gasteiger partial charge >= 0.3 is 6.03 Å². The van der Waals surface area contributed by atoms with E-state index < -0.39 is 10.2 Å². The van der Waals surface area contributed by atoms with Crippen LogP contribution in [0.25, 0.3) is 0 Å². The van der Waals surface area contributed by atoms with Crippen molar-refractivity contribution < 1.29 is 13.2 Å². The molecule has 0 aliphatic carbocycles. The van der Waals surface area contributed by atoms with E-state index >= 15 is 0 Å². The topological polar surface area (TPSA) is 81.8 Å². The monoisotopic (exact) mass is 262 g/mol. The molecule has 0 radical (unpaired) electrons. The molecule has 2 rings (SSSR count). The maximum absolute atomic E-state index is 11.9. The summed E-state index contributed by atoms with van der Waals surface area (Å²) in [6.45, 7) is 4.09. The van der Waals surface area contributed by atoms with E-state index in [0.717, 1.165) is 6.42 Å². The van der Waals surface area contributed by atoms with Gasteiger partial charge in [-0.3, -0.25) is 0 Å². The molecule has 2 fully saturated rings. The van der Waals surface area contributed by atoms with Crippen molar-refractivity contribution in [3.63, 3.8) is 0 Å². The van der Waals surface area contributed by atoms with E-state index in [1.165, 1.54) is 4.31 Å². The zero-order valence-corrected chi connectivity index (χ0v) is 10.7. The van der Waals surface area contributed by atoms with Gasteiger partial charge in [0, 0.05) is 32.7 Å². The first-order valence-corrected chi connectivity index (χ1v) is 7.28. The van der Waals surface area contributed by atoms with Gasteiger partial charge in [-0.05, 0) is 6.42 Å². The lowest BCUT2D eigenvalue weighted by Gasteiger charge is -2.35. The third-order valence-corrected chi connectivity index (χ3v) is 4.65. The molecule has 0 aromatic carbocycles. The number of fused-ring (bicyclic) bond motifs is 1. The second kappa shape index (κ2) is 4.79. The third kappa shape index (κ3) is 2.53. The Balaban J connectivity index is 1.99. The van der Waals surface area contributed by atoms with Gasteiger partial charge in [0.25, 0.3) is 10.2 Å². The number of amides is 2. The highest BCUT2D eigenvalue weighted by atomic mass is 32.2. The Hall–Kier alpha value is -0.860. The molecule has 98 valence electrons. The van der Waals surface area contributed by atoms with Crippen LogP contribution in [0.15, 0.2) is 0 Å². The normalized spacial score (nSPS) is 25.8. The smallest absolute Gasteiger partial charge is 0.317 e. The number of urea groups is 1. The van der Waals surface area contributed by atoms with Crippen LogP contribution in [-0.2, 0) is 10.2 Å². The Morgan fingerprint density at radius 2 is 2.24 bits per heavy atom. The maximum Gasteiger partial charge on any atom is 0.317 e. The minimum atomic E-state index is -3.38. The Morgan fingerprint density at radius 3 is 2.94 bits per heavy atom. The fraction of sp³-hybridized carbons (Fsp3) is 0.889. The summed E-state index contributed by atoms with van der Waals surface area (Å²) in [7, 11) is -3.38. The molecule has 2 aliphatic heterocycles. The van der Waals surface area contributed by atoms with Crippen molar-refractivity contribution in [2.75, 3.05) is 32.7 Å². The summed E-state index contributed by atoms with van der Waals surface area (Å²) >= 11 is 0. The van der Waals surface area contributed by atoms with E-state index in [-0.39, 0.29) is 12.1 Å². The molecule has 1 unspecified atom stereocenters. The van der Waals surface area contributed by atoms with Gasteiger partial charge in [0.2, 0.25) is 0 Å². The van der Waals surface area contributed by atoms with Crippen LogP contribution in [0.5, 0.6) is 0 Å². The number of carbonyl (C=O) groups is 1. The minimum Gasteiger partial charge on any atom is -0.336 e. The zero-order valence-electron chi connectivity index (χ0n) is 9.85. The average Bonchev–Trinajstić information content (AvgIpc) is 2.68. The molecule has 0 saturated carbocycles. The number of carbonyl (C=O) groups excluding carboxylic acids is 1. The lowest BCUT2D eigenvalue weighted by Crippen LogP contribution is -2.56. The van der Waals surface area contributed by atoms with Crippen molar-refractivity contribution in [3.05, 3.63) is 0 Å². The van der Waals surface area contributed by atoms with Crippen molar-refractivity contribution in [1.29, 1.82) is 0 Å². The van der Waals surface area contributed by atoms with Gasteiger partial charge in [0.15, 0.2) is 0 Å². The zero-order chi connectivity index (χ0) is 12.5. The summed E-state index contributed by atoms with van der Waals surface area (Å²) in [6.07, 6.45) is 0.767. The quantitative estimate of drug-likeness (QED) is 0.677. The number of nitrogens with zero attached hydrogens (tertiary/aromatic N) is 2. The van der Waals surface area contributed by atoms with Gasteiger partial charge < -0.3 is 10.2 Å². The largest absolute Gasteiger partial charge is 0.336 e. The van der Waals surface area contributed by atoms with Crippen LogP contribution in [-0.4, -0.2) is 62.4 Å². The second-order valence-electron chi connectivity index (χ2n) is 4.29. The lowest BCUT2D eigenvalue weighted by atomic mass is 10.2. The molecule has 0 aromatic rings. The van der Waals surface area contributed by atoms with Crippen LogP contribution in [0.2, 0.25) is 0 Å². The van der Waals surface area contributed by atoms with Crippen molar-refractivity contribution in [2.45, 2.75) is 19.4 Å². The van der Waals surface area contributed by atoms with Gasteiger partial charge in [-0.25, -0.2) is 9.52 Å². The van der Waals surface area contributed by atoms with Crippen molar-refractivity contribution in [3.8, 4) is 0 Å². The Labute approximate surface area is 101 Å². The number of nitrogens with one attached hydrogen (secondary N) is 2. The highest BCUT2D eigenvalue weighted by molar-refractivity contribution is 7.87. The predicted molar refractivity (Wildman–Crippen MR) is 62.7 cm³/mol. The van der Waals surface area contributed by atoms with Gasteiger partial charge in [0.05, 0.1) is 6.04 Å². The Morgan fingerprint density at radius 1 is 1.47 bits per heavy atom. The van der Waals surface area contributed by atoms with Gasteiger partial charge in [-0.15, -0.1) is 0 Å². The molecule has 8 heteroatoms. The Kier molecular flexibility index (Phi) is 3.55. The summed E-state index contributed by atoms with van der Waals surface area (Å²) < 4.78 is 27.8. The molecule has 2 saturated heterocycles. The molecule has 2 N–H and O–H groups in total. The predicted octanol–water partition coefficient (Wildman–Crippen LogP) is -1.06. The molecule has 0 spiro atoms. The van der Waals surface area contributed by atoms with Crippen LogP contribution in [0.3, 0.4) is 0 Å². The SMILES string of the molecule is CCCNS(=O)(=O)N1CCN2C(=O)NCC2C1. The van der Waals surface area contributed by atoms with Crippen LogP contribution < -0.4 is 10.0 Å². The first-order chi connectivity index (χ1) is 8.04. The van der Waals surface area contributed by atoms with E-state index in [1.54, 1.807) is 4.90 Å². The molecular weight excluding hydrogens is 244 g/mol. The molecule has 17 heavy (non-hydrogen) atoms. The van der Waals surface area contributed by atoms with E-state index in [0.29, 0.717) is 32.7 Å². The van der Waals surface area contributed by atoms with E-state index in [9.17, 15) is 13.2 Å². The highest BCUT2D eigenvalue weighted by Gasteiger charge is 2.38. The van der Waals surface area contributed by atoms with Crippen LogP contribution >= 0.6 is 0 Å². The van der Waals surface area contributed by atoms with Gasteiger partial charge in [-0.2, -0.15) is 12.7 Å². The number of hydrogen-bond donors (Lipinski definition) is 2. The summed E-state index contributed by atoms with van der Waals surface area (Å²) in [4.78, 5) is 13.1. The summed E-state index contributed by atoms with van der Waals surface area (Å²) in [5.74, 6) is 0. The lowest BCUT2D eigenvalue weighted by molar-refractivity contribution is 0.164. The van der Waals surface area contributed by atoms with E-state index in [4.69, 9.17) is 0 Å². The fourth-order valence-electron chi connectivity index (χ4n) is 2.12. The summed E-state index contributed by atoms with van der Waals surface area (Å²) in [5, 5.41) is 2.72. The summed E-state index contributed by atoms with van der Waals surface area (Å²) in [5.41, 5.74) is 0. The van der Waals surface area contributed by atoms with Gasteiger partial charge in [-0.1, -0.05) is 6.92 Å². The average molecular weight is 262 g/mol. The van der Waals surface area contributed by atoms with E-state index in [1.807, 2.05) is 6.92 Å². The molecule has 2 aliphatic rings. The number of hydrogen-bond acceptors (Lipinski definition) is 3. The molecular formula is C9H18N4O3S. The maximum atomic E-state index is 11.9. The van der Waals surface area contributed by atoms with Crippen molar-refractivity contribution >= 4 is 16.2 Å². The molecule has 0 bridgehead atoms.